The van der Waals surface area contributed by atoms with Crippen molar-refractivity contribution in [2.24, 2.45) is 5.10 Å². The maximum atomic E-state index is 13.6. The number of nitro groups is 1. The number of nitrogens with zero attached hydrogens (tertiary/aromatic N) is 3. The zero-order valence-corrected chi connectivity index (χ0v) is 10.8. The number of hydrazone groups is 1. The number of rotatable bonds is 4. The molecule has 2 aromatic rings. The zero-order chi connectivity index (χ0) is 16.1. The maximum Gasteiger partial charge on any atom is 0.433 e. The number of carbonyl (C=O) groups excluding carboxylic acids is 1. The Morgan fingerprint density at radius 3 is 2.82 bits per heavy atom. The van der Waals surface area contributed by atoms with Crippen LogP contribution in [-0.2, 0) is 0 Å². The molecule has 0 spiro atoms. The number of furan rings is 1. The van der Waals surface area contributed by atoms with Gasteiger partial charge in [-0.05, 0) is 24.3 Å². The molecule has 0 aliphatic heterocycles. The van der Waals surface area contributed by atoms with E-state index in [0.29, 0.717) is 0 Å². The van der Waals surface area contributed by atoms with Gasteiger partial charge in [-0.3, -0.25) is 14.9 Å². The van der Waals surface area contributed by atoms with E-state index in [0.717, 1.165) is 24.4 Å². The van der Waals surface area contributed by atoms with Crippen molar-refractivity contribution in [1.82, 2.24) is 5.43 Å². The number of carbonyl (C=O) groups is 1. The fourth-order valence-electron chi connectivity index (χ4n) is 1.49. The normalized spacial score (nSPS) is 10.4. The summed E-state index contributed by atoms with van der Waals surface area (Å²) >= 11 is 0. The quantitative estimate of drug-likeness (QED) is 0.525. The van der Waals surface area contributed by atoms with Crippen LogP contribution in [0.15, 0.2) is 39.9 Å². The molecule has 8 nitrogen and oxygen atoms in total. The van der Waals surface area contributed by atoms with E-state index in [1.54, 1.807) is 6.07 Å². The second-order valence-corrected chi connectivity index (χ2v) is 3.94. The molecule has 0 saturated heterocycles. The molecule has 22 heavy (non-hydrogen) atoms. The number of nitriles is 1. The number of amides is 1. The minimum atomic E-state index is -0.861. The van der Waals surface area contributed by atoms with Crippen molar-refractivity contribution in [3.63, 3.8) is 0 Å². The molecule has 9 heteroatoms. The Kier molecular flexibility index (Phi) is 4.24. The van der Waals surface area contributed by atoms with E-state index < -0.39 is 22.5 Å². The summed E-state index contributed by atoms with van der Waals surface area (Å²) in [5.74, 6) is -2.11. The summed E-state index contributed by atoms with van der Waals surface area (Å²) < 4.78 is 18.3. The van der Waals surface area contributed by atoms with Crippen LogP contribution in [0, 0.1) is 27.3 Å². The third-order valence-corrected chi connectivity index (χ3v) is 2.49. The zero-order valence-electron chi connectivity index (χ0n) is 10.8. The summed E-state index contributed by atoms with van der Waals surface area (Å²) in [6.07, 6.45) is 1.03. The first-order valence-corrected chi connectivity index (χ1v) is 5.78. The van der Waals surface area contributed by atoms with E-state index in [1.807, 2.05) is 5.43 Å². The molecule has 0 atom stereocenters. The molecule has 0 unspecified atom stereocenters. The van der Waals surface area contributed by atoms with Crippen LogP contribution < -0.4 is 5.43 Å². The van der Waals surface area contributed by atoms with E-state index in [2.05, 4.69) is 5.10 Å². The molecule has 0 radical (unpaired) electrons. The second-order valence-electron chi connectivity index (χ2n) is 3.94. The van der Waals surface area contributed by atoms with Crippen LogP contribution in [0.3, 0.4) is 0 Å². The van der Waals surface area contributed by atoms with Gasteiger partial charge >= 0.3 is 5.88 Å². The van der Waals surface area contributed by atoms with Gasteiger partial charge in [0.2, 0.25) is 0 Å². The third kappa shape index (κ3) is 3.31. The highest BCUT2D eigenvalue weighted by Crippen LogP contribution is 2.14. The maximum absolute atomic E-state index is 13.6. The molecular weight excluding hydrogens is 295 g/mol. The van der Waals surface area contributed by atoms with Gasteiger partial charge in [0.05, 0.1) is 29.5 Å². The van der Waals surface area contributed by atoms with Crippen molar-refractivity contribution < 1.29 is 18.5 Å². The summed E-state index contributed by atoms with van der Waals surface area (Å²) in [6.45, 7) is 0. The minimum Gasteiger partial charge on any atom is -0.400 e. The highest BCUT2D eigenvalue weighted by Gasteiger charge is 2.12. The Bertz CT molecular complexity index is 807. The highest BCUT2D eigenvalue weighted by atomic mass is 19.1. The standard InChI is InChI=1S/C13H7FN4O4/c14-11-5-8(6-15)1-3-10(11)13(19)17-16-7-9-2-4-12(22-9)18(20)21/h1-5,7H,(H,17,19)/b16-7+. The van der Waals surface area contributed by atoms with Crippen LogP contribution in [0.4, 0.5) is 10.3 Å². The van der Waals surface area contributed by atoms with E-state index in [9.17, 15) is 19.3 Å². The van der Waals surface area contributed by atoms with Crippen molar-refractivity contribution in [2.45, 2.75) is 0 Å². The van der Waals surface area contributed by atoms with E-state index in [4.69, 9.17) is 9.68 Å². The summed E-state index contributed by atoms with van der Waals surface area (Å²) in [5, 5.41) is 22.5. The van der Waals surface area contributed by atoms with Crippen LogP contribution in [0.1, 0.15) is 21.7 Å². The topological polar surface area (TPSA) is 122 Å². The SMILES string of the molecule is N#Cc1ccc(C(=O)N/N=C/c2ccc([N+](=O)[O-])o2)c(F)c1. The van der Waals surface area contributed by atoms with Crippen molar-refractivity contribution >= 4 is 18.0 Å². The van der Waals surface area contributed by atoms with Gasteiger partial charge in [-0.1, -0.05) is 0 Å². The fourth-order valence-corrected chi connectivity index (χ4v) is 1.49. The number of benzene rings is 1. The van der Waals surface area contributed by atoms with Crippen molar-refractivity contribution in [3.8, 4) is 6.07 Å². The lowest BCUT2D eigenvalue weighted by atomic mass is 10.1. The van der Waals surface area contributed by atoms with Crippen LogP contribution in [-0.4, -0.2) is 17.0 Å². The fraction of sp³-hybridized carbons (Fsp3) is 0. The Hall–Kier alpha value is -3.54. The molecule has 1 aromatic heterocycles. The summed E-state index contributed by atoms with van der Waals surface area (Å²) in [4.78, 5) is 21.4. The highest BCUT2D eigenvalue weighted by molar-refractivity contribution is 5.95. The van der Waals surface area contributed by atoms with Gasteiger partial charge in [-0.2, -0.15) is 10.4 Å². The van der Waals surface area contributed by atoms with Gasteiger partial charge in [0.1, 0.15) is 10.7 Å². The lowest BCUT2D eigenvalue weighted by Crippen LogP contribution is -2.19. The van der Waals surface area contributed by atoms with Crippen molar-refractivity contribution in [1.29, 1.82) is 5.26 Å². The molecular formula is C13H7FN4O4. The Morgan fingerprint density at radius 2 is 2.23 bits per heavy atom. The largest absolute Gasteiger partial charge is 0.433 e. The first-order valence-electron chi connectivity index (χ1n) is 5.78. The first kappa shape index (κ1) is 14.9. The van der Waals surface area contributed by atoms with Gasteiger partial charge in [0.15, 0.2) is 5.76 Å². The predicted octanol–water partition coefficient (Wildman–Crippen LogP) is 1.96. The van der Waals surface area contributed by atoms with Crippen molar-refractivity contribution in [2.75, 3.05) is 0 Å². The molecule has 0 aliphatic rings. The Labute approximate surface area is 122 Å². The predicted molar refractivity (Wildman–Crippen MR) is 71.5 cm³/mol. The number of halogens is 1. The lowest BCUT2D eigenvalue weighted by Gasteiger charge is -2.01. The van der Waals surface area contributed by atoms with Gasteiger partial charge in [0, 0.05) is 0 Å². The average molecular weight is 302 g/mol. The molecule has 0 aliphatic carbocycles. The number of hydrogen-bond donors (Lipinski definition) is 1. The Morgan fingerprint density at radius 1 is 1.45 bits per heavy atom. The number of nitrogens with one attached hydrogen (secondary N) is 1. The van der Waals surface area contributed by atoms with Crippen molar-refractivity contribution in [3.05, 3.63) is 63.2 Å². The third-order valence-electron chi connectivity index (χ3n) is 2.49. The van der Waals surface area contributed by atoms with Crippen LogP contribution in [0.2, 0.25) is 0 Å². The van der Waals surface area contributed by atoms with Gasteiger partial charge in [0.25, 0.3) is 5.91 Å². The van der Waals surface area contributed by atoms with Crippen LogP contribution >= 0.6 is 0 Å². The van der Waals surface area contributed by atoms with E-state index in [1.165, 1.54) is 12.1 Å². The molecule has 1 N–H and O–H groups in total. The number of hydrogen-bond acceptors (Lipinski definition) is 6. The van der Waals surface area contributed by atoms with E-state index >= 15 is 0 Å². The van der Waals surface area contributed by atoms with Gasteiger partial charge < -0.3 is 4.42 Å². The average Bonchev–Trinajstić information content (AvgIpc) is 2.96. The first-order chi connectivity index (χ1) is 10.5. The molecule has 1 heterocycles. The summed E-state index contributed by atoms with van der Waals surface area (Å²) in [7, 11) is 0. The molecule has 0 fully saturated rings. The Balaban J connectivity index is 2.04. The molecule has 0 saturated carbocycles. The smallest absolute Gasteiger partial charge is 0.400 e. The minimum absolute atomic E-state index is 0.0484. The monoisotopic (exact) mass is 302 g/mol. The summed E-state index contributed by atoms with van der Waals surface area (Å²) in [6, 6.07) is 7.52. The molecule has 0 bridgehead atoms. The molecule has 2 rings (SSSR count). The van der Waals surface area contributed by atoms with Gasteiger partial charge in [-0.25, -0.2) is 9.82 Å². The summed E-state index contributed by atoms with van der Waals surface area (Å²) in [5.41, 5.74) is 1.84. The molecule has 1 amide bonds. The van der Waals surface area contributed by atoms with E-state index in [-0.39, 0.29) is 16.9 Å². The van der Waals surface area contributed by atoms with Crippen LogP contribution in [0.25, 0.3) is 0 Å². The molecule has 1 aromatic carbocycles. The lowest BCUT2D eigenvalue weighted by molar-refractivity contribution is -0.402. The van der Waals surface area contributed by atoms with Gasteiger partial charge in [-0.15, -0.1) is 0 Å². The second kappa shape index (κ2) is 6.27. The molecule has 110 valence electrons. The van der Waals surface area contributed by atoms with Crippen LogP contribution in [0.5, 0.6) is 0 Å².